The first-order valence-electron chi connectivity index (χ1n) is 11.7. The molecule has 3 aromatic rings. The Morgan fingerprint density at radius 3 is 2.32 bits per heavy atom. The van der Waals surface area contributed by atoms with Gasteiger partial charge in [-0.1, -0.05) is 42.5 Å². The van der Waals surface area contributed by atoms with Crippen LogP contribution in [0.25, 0.3) is 11.1 Å². The normalized spacial score (nSPS) is 11.8. The van der Waals surface area contributed by atoms with Gasteiger partial charge in [0, 0.05) is 12.6 Å². The van der Waals surface area contributed by atoms with Crippen molar-refractivity contribution in [3.63, 3.8) is 0 Å². The van der Waals surface area contributed by atoms with Crippen molar-refractivity contribution in [2.45, 2.75) is 45.8 Å². The molecule has 10 nitrogen and oxygen atoms in total. The highest BCUT2D eigenvalue weighted by molar-refractivity contribution is 5.92. The molecule has 1 heterocycles. The van der Waals surface area contributed by atoms with Gasteiger partial charge in [0.05, 0.1) is 17.3 Å². The molecule has 0 unspecified atom stereocenters. The average Bonchev–Trinajstić information content (AvgIpc) is 2.83. The summed E-state index contributed by atoms with van der Waals surface area (Å²) >= 11 is 0. The SMILES string of the molecule is CC(=O)OCC(=O)Nc1ccc(-c2cc([C@H](Cc3ccccc3)NC(=O)OC(C)(C)C)n[nH]c2=O)cc1. The van der Waals surface area contributed by atoms with Crippen molar-refractivity contribution in [3.05, 3.63) is 82.3 Å². The Balaban J connectivity index is 1.85. The van der Waals surface area contributed by atoms with Crippen LogP contribution in [0.4, 0.5) is 10.5 Å². The Labute approximate surface area is 214 Å². The van der Waals surface area contributed by atoms with E-state index in [0.29, 0.717) is 28.9 Å². The number of rotatable bonds is 8. The summed E-state index contributed by atoms with van der Waals surface area (Å²) in [6.45, 7) is 6.15. The highest BCUT2D eigenvalue weighted by Gasteiger charge is 2.23. The Kier molecular flexibility index (Phi) is 8.78. The summed E-state index contributed by atoms with van der Waals surface area (Å²) < 4.78 is 10.1. The minimum absolute atomic E-state index is 0.340. The minimum atomic E-state index is -0.680. The minimum Gasteiger partial charge on any atom is -0.456 e. The van der Waals surface area contributed by atoms with Crippen molar-refractivity contribution < 1.29 is 23.9 Å². The number of nitrogens with zero attached hydrogens (tertiary/aromatic N) is 1. The van der Waals surface area contributed by atoms with Crippen LogP contribution in [-0.4, -0.2) is 40.4 Å². The molecule has 3 rings (SSSR count). The van der Waals surface area contributed by atoms with Crippen molar-refractivity contribution >= 4 is 23.7 Å². The van der Waals surface area contributed by atoms with Gasteiger partial charge in [-0.25, -0.2) is 9.89 Å². The van der Waals surface area contributed by atoms with Crippen LogP contribution in [-0.2, 0) is 25.5 Å². The van der Waals surface area contributed by atoms with E-state index in [0.717, 1.165) is 5.56 Å². The lowest BCUT2D eigenvalue weighted by Gasteiger charge is -2.23. The number of aromatic nitrogens is 2. The number of hydrogen-bond acceptors (Lipinski definition) is 7. The standard InChI is InChI=1S/C27H30N4O6/c1-17(32)36-16-24(33)28-20-12-10-19(11-13-20)21-15-23(30-31-25(21)34)22(14-18-8-6-5-7-9-18)29-26(35)37-27(2,3)4/h5-13,15,22H,14,16H2,1-4H3,(H,28,33)(H,29,35)(H,31,34)/t22-/m0/s1. The van der Waals surface area contributed by atoms with E-state index in [9.17, 15) is 19.2 Å². The molecule has 194 valence electrons. The predicted octanol–water partition coefficient (Wildman–Crippen LogP) is 3.75. The van der Waals surface area contributed by atoms with Gasteiger partial charge in [0.1, 0.15) is 5.60 Å². The molecule has 3 N–H and O–H groups in total. The molecule has 0 saturated heterocycles. The first kappa shape index (κ1) is 27.1. The number of H-pyrrole nitrogens is 1. The highest BCUT2D eigenvalue weighted by atomic mass is 16.6. The number of carbonyl (C=O) groups excluding carboxylic acids is 3. The second kappa shape index (κ2) is 12.0. The largest absolute Gasteiger partial charge is 0.456 e. The molecule has 0 radical (unpaired) electrons. The van der Waals surface area contributed by atoms with Crippen LogP contribution in [0.1, 0.15) is 45.0 Å². The molecular weight excluding hydrogens is 476 g/mol. The van der Waals surface area contributed by atoms with Gasteiger partial charge in [-0.15, -0.1) is 0 Å². The number of esters is 1. The van der Waals surface area contributed by atoms with E-state index < -0.39 is 41.8 Å². The predicted molar refractivity (Wildman–Crippen MR) is 138 cm³/mol. The van der Waals surface area contributed by atoms with Gasteiger partial charge < -0.3 is 20.1 Å². The Morgan fingerprint density at radius 2 is 1.70 bits per heavy atom. The third-order valence-corrected chi connectivity index (χ3v) is 5.04. The average molecular weight is 507 g/mol. The smallest absolute Gasteiger partial charge is 0.408 e. The summed E-state index contributed by atoms with van der Waals surface area (Å²) in [5.74, 6) is -1.03. The second-order valence-electron chi connectivity index (χ2n) is 9.33. The third-order valence-electron chi connectivity index (χ3n) is 5.04. The summed E-state index contributed by atoms with van der Waals surface area (Å²) in [6, 6.07) is 17.2. The number of anilines is 1. The highest BCUT2D eigenvalue weighted by Crippen LogP contribution is 2.23. The monoisotopic (exact) mass is 506 g/mol. The van der Waals surface area contributed by atoms with Crippen molar-refractivity contribution in [1.82, 2.24) is 15.5 Å². The van der Waals surface area contributed by atoms with Crippen molar-refractivity contribution in [1.29, 1.82) is 0 Å². The summed E-state index contributed by atoms with van der Waals surface area (Å²) in [5, 5.41) is 12.2. The summed E-state index contributed by atoms with van der Waals surface area (Å²) in [4.78, 5) is 47.9. The molecule has 0 aliphatic heterocycles. The molecule has 1 atom stereocenters. The van der Waals surface area contributed by atoms with Crippen LogP contribution in [0.15, 0.2) is 65.5 Å². The molecule has 37 heavy (non-hydrogen) atoms. The molecular formula is C27H30N4O6. The van der Waals surface area contributed by atoms with Crippen molar-refractivity contribution in [2.24, 2.45) is 0 Å². The number of carbonyl (C=O) groups is 3. The summed E-state index contributed by atoms with van der Waals surface area (Å²) in [7, 11) is 0. The van der Waals surface area contributed by atoms with E-state index >= 15 is 0 Å². The van der Waals surface area contributed by atoms with Crippen LogP contribution in [0.5, 0.6) is 0 Å². The molecule has 0 aliphatic carbocycles. The molecule has 2 aromatic carbocycles. The molecule has 0 aliphatic rings. The van der Waals surface area contributed by atoms with Crippen LogP contribution >= 0.6 is 0 Å². The number of alkyl carbamates (subject to hydrolysis) is 1. The second-order valence-corrected chi connectivity index (χ2v) is 9.33. The maximum absolute atomic E-state index is 12.6. The zero-order chi connectivity index (χ0) is 27.0. The first-order chi connectivity index (χ1) is 17.5. The third kappa shape index (κ3) is 8.60. The number of ether oxygens (including phenoxy) is 2. The zero-order valence-corrected chi connectivity index (χ0v) is 21.2. The quantitative estimate of drug-likeness (QED) is 0.395. The van der Waals surface area contributed by atoms with E-state index in [-0.39, 0.29) is 0 Å². The lowest BCUT2D eigenvalue weighted by Crippen LogP contribution is -2.36. The number of hydrogen-bond donors (Lipinski definition) is 3. The Morgan fingerprint density at radius 1 is 1.03 bits per heavy atom. The maximum Gasteiger partial charge on any atom is 0.408 e. The van der Waals surface area contributed by atoms with E-state index in [2.05, 4.69) is 25.6 Å². The fourth-order valence-corrected chi connectivity index (χ4v) is 3.44. The molecule has 0 fully saturated rings. The van der Waals surface area contributed by atoms with Crippen LogP contribution < -0.4 is 16.2 Å². The zero-order valence-electron chi connectivity index (χ0n) is 21.2. The van der Waals surface area contributed by atoms with E-state index in [4.69, 9.17) is 4.74 Å². The number of amides is 2. The van der Waals surface area contributed by atoms with Crippen molar-refractivity contribution in [2.75, 3.05) is 11.9 Å². The maximum atomic E-state index is 12.6. The van der Waals surface area contributed by atoms with Crippen molar-refractivity contribution in [3.8, 4) is 11.1 Å². The molecule has 0 spiro atoms. The van der Waals surface area contributed by atoms with Crippen LogP contribution in [0.2, 0.25) is 0 Å². The van der Waals surface area contributed by atoms with Gasteiger partial charge in [0.15, 0.2) is 6.61 Å². The van der Waals surface area contributed by atoms with Crippen LogP contribution in [0, 0.1) is 0 Å². The molecule has 1 aromatic heterocycles. The Hall–Kier alpha value is -4.47. The number of benzene rings is 2. The van der Waals surface area contributed by atoms with Crippen LogP contribution in [0.3, 0.4) is 0 Å². The summed E-state index contributed by atoms with van der Waals surface area (Å²) in [5.41, 5.74) is 1.71. The van der Waals surface area contributed by atoms with Gasteiger partial charge in [-0.3, -0.25) is 14.4 Å². The Bertz CT molecular complexity index is 1300. The van der Waals surface area contributed by atoms with E-state index in [1.165, 1.54) is 6.92 Å². The summed E-state index contributed by atoms with van der Waals surface area (Å²) in [6.07, 6.45) is -0.178. The first-order valence-corrected chi connectivity index (χ1v) is 11.7. The van der Waals surface area contributed by atoms with Gasteiger partial charge in [0.25, 0.3) is 11.5 Å². The lowest BCUT2D eigenvalue weighted by molar-refractivity contribution is -0.144. The lowest BCUT2D eigenvalue weighted by atomic mass is 10.0. The van der Waals surface area contributed by atoms with E-state index in [1.807, 2.05) is 30.3 Å². The fraction of sp³-hybridized carbons (Fsp3) is 0.296. The molecule has 0 saturated carbocycles. The molecule has 0 bridgehead atoms. The van der Waals surface area contributed by atoms with E-state index in [1.54, 1.807) is 51.1 Å². The van der Waals surface area contributed by atoms with Gasteiger partial charge in [-0.2, -0.15) is 5.10 Å². The topological polar surface area (TPSA) is 139 Å². The fourth-order valence-electron chi connectivity index (χ4n) is 3.44. The molecule has 2 amide bonds. The number of aromatic amines is 1. The number of nitrogens with one attached hydrogen (secondary N) is 3. The molecule has 10 heteroatoms. The van der Waals surface area contributed by atoms with Gasteiger partial charge in [-0.05, 0) is 56.5 Å². The van der Waals surface area contributed by atoms with Gasteiger partial charge >= 0.3 is 12.1 Å². The van der Waals surface area contributed by atoms with Gasteiger partial charge in [0.2, 0.25) is 0 Å².